The molecule has 24 heteroatoms. The lowest BCUT2D eigenvalue weighted by Crippen LogP contribution is -2.51. The number of halogens is 3. The lowest BCUT2D eigenvalue weighted by atomic mass is 9.76. The highest BCUT2D eigenvalue weighted by atomic mass is 35.5. The number of fused-ring (bicyclic) bond motifs is 6. The molecule has 9 heterocycles. The number of nitrogens with one attached hydrogen (secondary N) is 3. The first-order chi connectivity index (χ1) is 58.6. The van der Waals surface area contributed by atoms with Gasteiger partial charge in [0.1, 0.15) is 17.5 Å². The fourth-order valence-electron chi connectivity index (χ4n) is 18.5. The van der Waals surface area contributed by atoms with Gasteiger partial charge in [0.25, 0.3) is 0 Å². The molecular formula is C96H97Cl3N18O3. The number of nitriles is 2. The summed E-state index contributed by atoms with van der Waals surface area (Å²) in [7, 11) is 0. The predicted molar refractivity (Wildman–Crippen MR) is 474 cm³/mol. The molecule has 120 heavy (non-hydrogen) atoms. The molecule has 3 unspecified atom stereocenters. The smallest absolute Gasteiger partial charge is 0.321 e. The molecule has 5 aromatic carbocycles. The molecule has 6 amide bonds. The quantitative estimate of drug-likeness (QED) is 0.0921. The first kappa shape index (κ1) is 81.7. The summed E-state index contributed by atoms with van der Waals surface area (Å²) < 4.78 is 6.52. The molecule has 0 bridgehead atoms. The fraction of sp³-hybridized carbons (Fsp3) is 0.323. The Labute approximate surface area is 716 Å². The summed E-state index contributed by atoms with van der Waals surface area (Å²) in [6.45, 7) is 13.9. The lowest BCUT2D eigenvalue weighted by Gasteiger charge is -2.39. The molecule has 610 valence electrons. The van der Waals surface area contributed by atoms with Crippen LogP contribution in [0.5, 0.6) is 0 Å². The van der Waals surface area contributed by atoms with E-state index in [0.29, 0.717) is 96.2 Å². The second-order valence-electron chi connectivity index (χ2n) is 32.1. The van der Waals surface area contributed by atoms with Gasteiger partial charge in [0.2, 0.25) is 0 Å². The molecule has 18 rings (SSSR count). The van der Waals surface area contributed by atoms with Crippen molar-refractivity contribution in [2.75, 3.05) is 63.0 Å². The topological polar surface area (TPSA) is 240 Å². The van der Waals surface area contributed by atoms with E-state index in [-0.39, 0.29) is 36.0 Å². The van der Waals surface area contributed by atoms with Crippen LogP contribution < -0.4 is 16.0 Å². The van der Waals surface area contributed by atoms with Crippen molar-refractivity contribution in [1.82, 2.24) is 68.5 Å². The summed E-state index contributed by atoms with van der Waals surface area (Å²) in [5, 5.41) is 29.4. The van der Waals surface area contributed by atoms with E-state index < -0.39 is 0 Å². The van der Waals surface area contributed by atoms with Gasteiger partial charge in [-0.15, -0.1) is 0 Å². The Kier molecular flexibility index (Phi) is 25.6. The highest BCUT2D eigenvalue weighted by molar-refractivity contribution is 6.31. The van der Waals surface area contributed by atoms with E-state index in [1.165, 1.54) is 63.8 Å². The van der Waals surface area contributed by atoms with Gasteiger partial charge >= 0.3 is 18.1 Å². The molecule has 3 saturated heterocycles. The number of piperazine rings is 1. The van der Waals surface area contributed by atoms with Crippen molar-refractivity contribution in [3.63, 3.8) is 0 Å². The highest BCUT2D eigenvalue weighted by Gasteiger charge is 2.39. The van der Waals surface area contributed by atoms with Gasteiger partial charge in [-0.3, -0.25) is 19.9 Å². The standard InChI is InChI=1S/C32H30ClN7O.C32H29ClN6O.C32H38ClN5O/c1-22-35-12-14-38(22)13-10-24-19-25-3-2-11-36-30(25)31(28-9-6-26(33)20-29(24)28)39-15-17-40(18-16-39)32(41)37-27-7-4-23(21-34)5-8-27;1-21-35-13-16-39(21)20-25-17-24-3-2-12-36-31(24)30(28-9-6-26(33)18-29(25)28)23-10-14-38(15-11-23)32(40)37-27-7-4-22(19-34)5-8-27;1-22-34-15-19-37(22)16-13-24-20-25-6-5-14-35-31(25)30(28-10-9-26(33)21-29(24)28)23-11-17-38(18-12-23)32(39)36-27-7-3-2-4-8-27/h2-9,11-12,14,19-20,31H,10,13,15-18H2,1H3,(H,37,41);2-9,12-13,16-18,23,30H,10-11,14-15,20H2,1H3,(H,37,40);5-6,9-10,14-15,19-21,23,27,30H,2-4,7-8,11-13,16-18H2,1H3,(H,36,39). The molecule has 4 aliphatic carbocycles. The number of allylic oxidation sites excluding steroid dienone is 3. The van der Waals surface area contributed by atoms with E-state index in [1.807, 2.05) is 128 Å². The Balaban J connectivity index is 0.000000134. The largest absolute Gasteiger partial charge is 0.335 e. The maximum absolute atomic E-state index is 13.0. The number of urea groups is 3. The number of piperidine rings is 2. The minimum Gasteiger partial charge on any atom is -0.335 e. The molecular weight excluding hydrogens is 1560 g/mol. The molecule has 11 aromatic rings. The number of rotatable bonds is 14. The Morgan fingerprint density at radius 2 is 0.825 bits per heavy atom. The third-order valence-electron chi connectivity index (χ3n) is 24.9. The summed E-state index contributed by atoms with van der Waals surface area (Å²) >= 11 is 19.7. The van der Waals surface area contributed by atoms with E-state index in [1.54, 1.807) is 48.5 Å². The average molecular weight is 1660 g/mol. The summed E-state index contributed by atoms with van der Waals surface area (Å²) in [6, 6.07) is 49.4. The average Bonchev–Trinajstić information content (AvgIpc) is 1.55. The third kappa shape index (κ3) is 18.7. The van der Waals surface area contributed by atoms with Crippen LogP contribution in [0.15, 0.2) is 195 Å². The number of carbonyl (C=O) groups is 3. The summed E-state index contributed by atoms with van der Waals surface area (Å²) in [4.78, 5) is 75.2. The van der Waals surface area contributed by atoms with Crippen LogP contribution in [0.3, 0.4) is 0 Å². The minimum absolute atomic E-state index is 0.0639. The number of aromatic nitrogens is 9. The molecule has 6 aromatic heterocycles. The number of carbonyl (C=O) groups excluding carboxylic acids is 3. The summed E-state index contributed by atoms with van der Waals surface area (Å²) in [6.07, 6.45) is 35.4. The van der Waals surface area contributed by atoms with Crippen molar-refractivity contribution >= 4 is 99.2 Å². The van der Waals surface area contributed by atoms with Crippen molar-refractivity contribution < 1.29 is 14.4 Å². The van der Waals surface area contributed by atoms with Crippen LogP contribution in [-0.2, 0) is 19.6 Å². The monoisotopic (exact) mass is 1650 g/mol. The molecule has 1 saturated carbocycles. The number of hydrogen-bond donors (Lipinski definition) is 3. The van der Waals surface area contributed by atoms with E-state index in [4.69, 9.17) is 60.3 Å². The van der Waals surface area contributed by atoms with E-state index in [0.717, 1.165) is 139 Å². The SMILES string of the molecule is Cc1nccn1CC1=Cc2cccnc2C(C2CCN(C(=O)Nc3ccc(C#N)cc3)CC2)c2ccc(Cl)cc21.Cc1nccn1CCC1=Cc2cccnc2C(C2CCN(C(=O)NC3CCCCC3)CC2)c2ccc(Cl)cc21.Cc1nccn1CCC1=Cc2cccnc2C(N2CCN(C(=O)Nc3ccc(C#N)cc3)CC2)c2ccc(Cl)cc21. The zero-order chi connectivity index (χ0) is 82.8. The van der Waals surface area contributed by atoms with Gasteiger partial charge in [-0.2, -0.15) is 10.5 Å². The summed E-state index contributed by atoms with van der Waals surface area (Å²) in [5.74, 6) is 3.95. The number of anilines is 2. The van der Waals surface area contributed by atoms with Gasteiger partial charge < -0.3 is 44.4 Å². The number of pyridine rings is 3. The Hall–Kier alpha value is -12.0. The van der Waals surface area contributed by atoms with Crippen LogP contribution in [0, 0.1) is 55.3 Å². The molecule has 3 aliphatic heterocycles. The third-order valence-corrected chi connectivity index (χ3v) is 25.6. The van der Waals surface area contributed by atoms with E-state index in [9.17, 15) is 14.4 Å². The molecule has 3 atom stereocenters. The normalized spacial score (nSPS) is 17.8. The number of imidazole rings is 3. The van der Waals surface area contributed by atoms with Gasteiger partial charge in [0, 0.05) is 172 Å². The van der Waals surface area contributed by atoms with Gasteiger partial charge in [0.05, 0.1) is 46.4 Å². The maximum Gasteiger partial charge on any atom is 0.321 e. The fourth-order valence-corrected chi connectivity index (χ4v) is 19.0. The number of benzene rings is 5. The van der Waals surface area contributed by atoms with Gasteiger partial charge in [-0.05, 0) is 272 Å². The van der Waals surface area contributed by atoms with Crippen LogP contribution in [0.2, 0.25) is 15.1 Å². The number of aryl methyl sites for hydroxylation is 5. The molecule has 7 aliphatic rings. The Morgan fingerprint density at radius 3 is 1.27 bits per heavy atom. The van der Waals surface area contributed by atoms with Crippen molar-refractivity contribution in [3.8, 4) is 12.1 Å². The lowest BCUT2D eigenvalue weighted by molar-refractivity contribution is 0.125. The minimum atomic E-state index is -0.139. The Bertz CT molecular complexity index is 5730. The maximum atomic E-state index is 13.0. The highest BCUT2D eigenvalue weighted by Crippen LogP contribution is 2.49. The van der Waals surface area contributed by atoms with Crippen LogP contribution in [0.4, 0.5) is 25.8 Å². The molecule has 21 nitrogen and oxygen atoms in total. The molecule has 0 spiro atoms. The number of hydrogen-bond acceptors (Lipinski definition) is 12. The van der Waals surface area contributed by atoms with Gasteiger partial charge in [0.15, 0.2) is 0 Å². The van der Waals surface area contributed by atoms with Gasteiger partial charge in [-0.25, -0.2) is 29.3 Å². The number of nitrogens with zero attached hydrogens (tertiary/aromatic N) is 15. The van der Waals surface area contributed by atoms with Crippen LogP contribution in [-0.4, -0.2) is 140 Å². The van der Waals surface area contributed by atoms with Crippen LogP contribution >= 0.6 is 34.8 Å². The summed E-state index contributed by atoms with van der Waals surface area (Å²) in [5.41, 5.74) is 20.0. The van der Waals surface area contributed by atoms with Crippen LogP contribution in [0.25, 0.3) is 34.9 Å². The second kappa shape index (κ2) is 37.5. The molecule has 0 radical (unpaired) electrons. The van der Waals surface area contributed by atoms with Crippen molar-refractivity contribution in [2.24, 2.45) is 11.8 Å². The zero-order valence-electron chi connectivity index (χ0n) is 67.8. The first-order valence-corrected chi connectivity index (χ1v) is 42.9. The van der Waals surface area contributed by atoms with E-state index in [2.05, 4.69) is 134 Å². The predicted octanol–water partition coefficient (Wildman–Crippen LogP) is 19.8. The molecule has 3 N–H and O–H groups in total. The molecule has 4 fully saturated rings. The number of likely N-dealkylation sites (tertiary alicyclic amines) is 2. The first-order valence-electron chi connectivity index (χ1n) is 41.8. The Morgan fingerprint density at radius 1 is 0.425 bits per heavy atom. The number of amides is 6. The van der Waals surface area contributed by atoms with Gasteiger partial charge in [-0.1, -0.05) is 90.5 Å². The zero-order valence-corrected chi connectivity index (χ0v) is 70.1. The second-order valence-corrected chi connectivity index (χ2v) is 33.4. The van der Waals surface area contributed by atoms with Crippen molar-refractivity contribution in [2.45, 2.75) is 135 Å². The van der Waals surface area contributed by atoms with Crippen molar-refractivity contribution in [3.05, 3.63) is 306 Å². The van der Waals surface area contributed by atoms with Crippen LogP contribution in [0.1, 0.15) is 184 Å². The van der Waals surface area contributed by atoms with Crippen molar-refractivity contribution in [1.29, 1.82) is 10.5 Å². The van der Waals surface area contributed by atoms with E-state index >= 15 is 0 Å².